The Morgan fingerprint density at radius 2 is 2.17 bits per heavy atom. The summed E-state index contributed by atoms with van der Waals surface area (Å²) in [5, 5.41) is 10.8. The molecule has 2 aromatic rings. The first-order chi connectivity index (χ1) is 11.3. The van der Waals surface area contributed by atoms with Gasteiger partial charge in [-0.3, -0.25) is 0 Å². The molecule has 0 radical (unpaired) electrons. The smallest absolute Gasteiger partial charge is 0.218 e. The first-order valence-electron chi connectivity index (χ1n) is 7.93. The van der Waals surface area contributed by atoms with Crippen LogP contribution in [-0.4, -0.2) is 24.1 Å². The highest BCUT2D eigenvalue weighted by Gasteiger charge is 2.05. The fraction of sp³-hybridized carbons (Fsp3) is 0.412. The largest absolute Gasteiger partial charge is 0.477 e. The maximum Gasteiger partial charge on any atom is 0.218 e. The van der Waals surface area contributed by atoms with Gasteiger partial charge in [-0.05, 0) is 41.8 Å². The predicted molar refractivity (Wildman–Crippen MR) is 111 cm³/mol. The number of hydrogen-bond acceptors (Lipinski definition) is 4. The molecule has 2 heterocycles. The summed E-state index contributed by atoms with van der Waals surface area (Å²) in [6, 6.07) is 6.04. The number of aromatic nitrogens is 1. The Morgan fingerprint density at radius 1 is 1.29 bits per heavy atom. The molecule has 2 rings (SSSR count). The van der Waals surface area contributed by atoms with Gasteiger partial charge in [-0.1, -0.05) is 13.0 Å². The normalized spacial score (nSPS) is 10.8. The van der Waals surface area contributed by atoms with Crippen LogP contribution < -0.4 is 15.4 Å². The molecule has 0 saturated heterocycles. The van der Waals surface area contributed by atoms with Gasteiger partial charge in [0.05, 0.1) is 13.2 Å². The molecule has 0 unspecified atom stereocenters. The van der Waals surface area contributed by atoms with Gasteiger partial charge in [0.1, 0.15) is 0 Å². The van der Waals surface area contributed by atoms with Crippen molar-refractivity contribution >= 4 is 41.3 Å². The summed E-state index contributed by atoms with van der Waals surface area (Å²) in [6.45, 7) is 6.94. The molecule has 2 aromatic heterocycles. The van der Waals surface area contributed by atoms with E-state index >= 15 is 0 Å². The highest BCUT2D eigenvalue weighted by atomic mass is 127. The van der Waals surface area contributed by atoms with Crippen molar-refractivity contribution in [1.29, 1.82) is 0 Å². The zero-order valence-corrected chi connectivity index (χ0v) is 17.3. The van der Waals surface area contributed by atoms with Gasteiger partial charge >= 0.3 is 0 Å². The van der Waals surface area contributed by atoms with Crippen LogP contribution in [0.25, 0.3) is 0 Å². The molecule has 0 aliphatic heterocycles. The number of pyridine rings is 1. The molecule has 0 bridgehead atoms. The Bertz CT molecular complexity index is 604. The standard InChI is InChI=1S/C17H24N4OS.HI/c1-3-9-22-16-15(6-5-8-19-16)12-21-17(18-4-2)20-11-14-7-10-23-13-14;/h5-8,10,13H,3-4,9,11-12H2,1-2H3,(H2,18,20,21);1H. The lowest BCUT2D eigenvalue weighted by molar-refractivity contribution is 0.301. The van der Waals surface area contributed by atoms with E-state index in [1.807, 2.05) is 12.1 Å². The molecule has 132 valence electrons. The van der Waals surface area contributed by atoms with Gasteiger partial charge in [0.25, 0.3) is 0 Å². The molecular formula is C17H25IN4OS. The van der Waals surface area contributed by atoms with Crippen LogP contribution in [-0.2, 0) is 13.1 Å². The zero-order chi connectivity index (χ0) is 16.3. The van der Waals surface area contributed by atoms with Gasteiger partial charge in [0.15, 0.2) is 5.96 Å². The fourth-order valence-electron chi connectivity index (χ4n) is 1.96. The van der Waals surface area contributed by atoms with Crippen molar-refractivity contribution in [2.45, 2.75) is 33.4 Å². The number of guanidine groups is 1. The van der Waals surface area contributed by atoms with Crippen LogP contribution in [0.2, 0.25) is 0 Å². The van der Waals surface area contributed by atoms with E-state index in [4.69, 9.17) is 4.74 Å². The van der Waals surface area contributed by atoms with Crippen LogP contribution in [0.1, 0.15) is 31.4 Å². The van der Waals surface area contributed by atoms with Crippen LogP contribution in [0.5, 0.6) is 5.88 Å². The Morgan fingerprint density at radius 3 is 2.88 bits per heavy atom. The predicted octanol–water partition coefficient (Wildman–Crippen LogP) is 3.81. The van der Waals surface area contributed by atoms with Crippen LogP contribution in [0.3, 0.4) is 0 Å². The van der Waals surface area contributed by atoms with Crippen molar-refractivity contribution < 1.29 is 4.74 Å². The van der Waals surface area contributed by atoms with Crippen molar-refractivity contribution in [2.75, 3.05) is 13.2 Å². The molecule has 2 N–H and O–H groups in total. The van der Waals surface area contributed by atoms with Gasteiger partial charge < -0.3 is 15.4 Å². The van der Waals surface area contributed by atoms with Crippen molar-refractivity contribution in [1.82, 2.24) is 15.6 Å². The van der Waals surface area contributed by atoms with Crippen LogP contribution in [0.4, 0.5) is 0 Å². The molecular weight excluding hydrogens is 435 g/mol. The lowest BCUT2D eigenvalue weighted by Gasteiger charge is -2.13. The Balaban J connectivity index is 0.00000288. The SMILES string of the molecule is CCCOc1ncccc1CNC(=NCc1ccsc1)NCC.I. The maximum absolute atomic E-state index is 5.69. The second kappa shape index (κ2) is 12.1. The Labute approximate surface area is 165 Å². The third-order valence-corrected chi connectivity index (χ3v) is 3.82. The molecule has 0 fully saturated rings. The van der Waals surface area contributed by atoms with Gasteiger partial charge in [-0.2, -0.15) is 11.3 Å². The summed E-state index contributed by atoms with van der Waals surface area (Å²) in [6.07, 6.45) is 2.72. The van der Waals surface area contributed by atoms with E-state index in [-0.39, 0.29) is 24.0 Å². The van der Waals surface area contributed by atoms with E-state index in [9.17, 15) is 0 Å². The molecule has 24 heavy (non-hydrogen) atoms. The highest BCUT2D eigenvalue weighted by molar-refractivity contribution is 14.0. The number of thiophene rings is 1. The number of nitrogens with one attached hydrogen (secondary N) is 2. The highest BCUT2D eigenvalue weighted by Crippen LogP contribution is 2.14. The minimum atomic E-state index is 0. The van der Waals surface area contributed by atoms with Crippen LogP contribution in [0, 0.1) is 0 Å². The third kappa shape index (κ3) is 7.04. The third-order valence-electron chi connectivity index (χ3n) is 3.08. The number of hydrogen-bond donors (Lipinski definition) is 2. The van der Waals surface area contributed by atoms with E-state index in [2.05, 4.69) is 51.3 Å². The van der Waals surface area contributed by atoms with E-state index in [1.54, 1.807) is 17.5 Å². The average Bonchev–Trinajstić information content (AvgIpc) is 3.09. The number of aliphatic imine (C=N–C) groups is 1. The number of ether oxygens (including phenoxy) is 1. The molecule has 0 atom stereocenters. The van der Waals surface area contributed by atoms with E-state index < -0.39 is 0 Å². The summed E-state index contributed by atoms with van der Waals surface area (Å²) in [4.78, 5) is 8.91. The fourth-order valence-corrected chi connectivity index (χ4v) is 2.62. The quantitative estimate of drug-likeness (QED) is 0.358. The number of rotatable bonds is 8. The summed E-state index contributed by atoms with van der Waals surface area (Å²) < 4.78 is 5.69. The summed E-state index contributed by atoms with van der Waals surface area (Å²) in [5.74, 6) is 1.49. The van der Waals surface area contributed by atoms with Crippen molar-refractivity contribution in [3.63, 3.8) is 0 Å². The van der Waals surface area contributed by atoms with Gasteiger partial charge in [-0.15, -0.1) is 24.0 Å². The molecule has 7 heteroatoms. The lowest BCUT2D eigenvalue weighted by atomic mass is 10.2. The minimum Gasteiger partial charge on any atom is -0.477 e. The van der Waals surface area contributed by atoms with E-state index in [0.29, 0.717) is 25.6 Å². The topological polar surface area (TPSA) is 58.5 Å². The second-order valence-corrected chi connectivity index (χ2v) is 5.78. The summed E-state index contributed by atoms with van der Waals surface area (Å²) >= 11 is 1.69. The van der Waals surface area contributed by atoms with Gasteiger partial charge in [0, 0.05) is 24.8 Å². The summed E-state index contributed by atoms with van der Waals surface area (Å²) in [5.41, 5.74) is 2.25. The first kappa shape index (κ1) is 20.7. The van der Waals surface area contributed by atoms with Crippen LogP contribution >= 0.6 is 35.3 Å². The molecule has 5 nitrogen and oxygen atoms in total. The van der Waals surface area contributed by atoms with Crippen molar-refractivity contribution in [3.8, 4) is 5.88 Å². The number of nitrogens with zero attached hydrogens (tertiary/aromatic N) is 2. The minimum absolute atomic E-state index is 0. The van der Waals surface area contributed by atoms with Crippen LogP contribution in [0.15, 0.2) is 40.1 Å². The van der Waals surface area contributed by atoms with Gasteiger partial charge in [0.2, 0.25) is 5.88 Å². The Hall–Kier alpha value is -1.35. The molecule has 0 aliphatic rings. The molecule has 0 saturated carbocycles. The molecule has 0 aromatic carbocycles. The molecule has 0 amide bonds. The van der Waals surface area contributed by atoms with E-state index in [1.165, 1.54) is 5.56 Å². The van der Waals surface area contributed by atoms with Crippen molar-refractivity contribution in [3.05, 3.63) is 46.3 Å². The monoisotopic (exact) mass is 460 g/mol. The van der Waals surface area contributed by atoms with E-state index in [0.717, 1.165) is 24.5 Å². The average molecular weight is 460 g/mol. The number of halogens is 1. The second-order valence-electron chi connectivity index (χ2n) is 5.00. The van der Waals surface area contributed by atoms with Crippen molar-refractivity contribution in [2.24, 2.45) is 4.99 Å². The maximum atomic E-state index is 5.69. The Kier molecular flexibility index (Phi) is 10.4. The molecule has 0 spiro atoms. The zero-order valence-electron chi connectivity index (χ0n) is 14.1. The first-order valence-corrected chi connectivity index (χ1v) is 8.87. The van der Waals surface area contributed by atoms with Gasteiger partial charge in [-0.25, -0.2) is 9.98 Å². The lowest BCUT2D eigenvalue weighted by Crippen LogP contribution is -2.36. The summed E-state index contributed by atoms with van der Waals surface area (Å²) in [7, 11) is 0. The molecule has 0 aliphatic carbocycles.